The van der Waals surface area contributed by atoms with Crippen molar-refractivity contribution in [3.8, 4) is 0 Å². The number of amides is 1. The van der Waals surface area contributed by atoms with E-state index in [-0.39, 0.29) is 5.91 Å². The molecule has 0 aromatic rings. The van der Waals surface area contributed by atoms with Crippen LogP contribution in [0.25, 0.3) is 0 Å². The van der Waals surface area contributed by atoms with Crippen molar-refractivity contribution in [1.29, 1.82) is 0 Å². The molecule has 0 radical (unpaired) electrons. The molecule has 20 heavy (non-hydrogen) atoms. The molecule has 4 aliphatic rings. The van der Waals surface area contributed by atoms with Gasteiger partial charge in [-0.1, -0.05) is 0 Å². The quantitative estimate of drug-likeness (QED) is 0.859. The predicted molar refractivity (Wildman–Crippen MR) is 81.1 cm³/mol. The van der Waals surface area contributed by atoms with Crippen LogP contribution < -0.4 is 5.73 Å². The van der Waals surface area contributed by atoms with E-state index in [0.29, 0.717) is 11.8 Å². The third kappa shape index (κ3) is 2.88. The molecule has 3 heteroatoms. The van der Waals surface area contributed by atoms with Gasteiger partial charge in [0.15, 0.2) is 0 Å². The average molecular weight is 278 g/mol. The molecule has 0 unspecified atom stereocenters. The fourth-order valence-electron chi connectivity index (χ4n) is 5.60. The monoisotopic (exact) mass is 278 g/mol. The van der Waals surface area contributed by atoms with Gasteiger partial charge < -0.3 is 10.6 Å². The Kier molecular flexibility index (Phi) is 3.39. The van der Waals surface area contributed by atoms with Crippen molar-refractivity contribution in [3.63, 3.8) is 0 Å². The van der Waals surface area contributed by atoms with Crippen LogP contribution in [0.2, 0.25) is 0 Å². The summed E-state index contributed by atoms with van der Waals surface area (Å²) in [5.74, 6) is 3.08. The third-order valence-corrected chi connectivity index (χ3v) is 5.77. The van der Waals surface area contributed by atoms with E-state index in [1.54, 1.807) is 0 Å². The Labute approximate surface area is 123 Å². The van der Waals surface area contributed by atoms with E-state index in [2.05, 4.69) is 0 Å². The molecule has 0 heterocycles. The van der Waals surface area contributed by atoms with Crippen molar-refractivity contribution in [3.05, 3.63) is 0 Å². The molecule has 0 atom stereocenters. The molecule has 0 aromatic carbocycles. The van der Waals surface area contributed by atoms with Crippen LogP contribution in [0.1, 0.15) is 58.8 Å². The molecule has 3 nitrogen and oxygen atoms in total. The smallest absolute Gasteiger partial charge is 0.224 e. The number of nitrogens with two attached hydrogens (primary N) is 1. The number of carbonyl (C=O) groups is 1. The first-order valence-corrected chi connectivity index (χ1v) is 8.28. The van der Waals surface area contributed by atoms with E-state index in [1.807, 2.05) is 25.8 Å². The van der Waals surface area contributed by atoms with E-state index >= 15 is 0 Å². The molecule has 4 fully saturated rings. The largest absolute Gasteiger partial charge is 0.345 e. The molecule has 4 aliphatic carbocycles. The average Bonchev–Trinajstić information content (AvgIpc) is 2.23. The zero-order valence-electron chi connectivity index (χ0n) is 13.3. The normalized spacial score (nSPS) is 39.1. The molecule has 4 rings (SSSR count). The summed E-state index contributed by atoms with van der Waals surface area (Å²) in [7, 11) is 1.98. The van der Waals surface area contributed by atoms with E-state index in [0.717, 1.165) is 24.3 Å². The summed E-state index contributed by atoms with van der Waals surface area (Å²) in [5.41, 5.74) is 6.03. The third-order valence-electron chi connectivity index (χ3n) is 5.77. The summed E-state index contributed by atoms with van der Waals surface area (Å²) in [6.07, 6.45) is 8.94. The summed E-state index contributed by atoms with van der Waals surface area (Å²) in [6.45, 7) is 4.83. The summed E-state index contributed by atoms with van der Waals surface area (Å²) >= 11 is 0. The van der Waals surface area contributed by atoms with Crippen molar-refractivity contribution >= 4 is 5.91 Å². The lowest BCUT2D eigenvalue weighted by atomic mass is 9.49. The number of rotatable bonds is 4. The zero-order chi connectivity index (χ0) is 14.5. The molecule has 0 saturated heterocycles. The first kappa shape index (κ1) is 14.4. The van der Waals surface area contributed by atoms with E-state index in [9.17, 15) is 4.79 Å². The Bertz CT molecular complexity index is 361. The van der Waals surface area contributed by atoms with Gasteiger partial charge in [-0.15, -0.1) is 0 Å². The van der Waals surface area contributed by atoms with Gasteiger partial charge in [0, 0.05) is 25.6 Å². The second-order valence-corrected chi connectivity index (χ2v) is 8.83. The molecule has 1 amide bonds. The van der Waals surface area contributed by atoms with Crippen molar-refractivity contribution in [2.24, 2.45) is 28.9 Å². The molecule has 2 N–H and O–H groups in total. The highest BCUT2D eigenvalue weighted by molar-refractivity contribution is 5.77. The van der Waals surface area contributed by atoms with Crippen molar-refractivity contribution in [1.82, 2.24) is 4.90 Å². The first-order chi connectivity index (χ1) is 9.25. The lowest BCUT2D eigenvalue weighted by Crippen LogP contribution is -2.52. The van der Waals surface area contributed by atoms with Gasteiger partial charge in [-0.3, -0.25) is 4.79 Å². The fraction of sp³-hybridized carbons (Fsp3) is 0.941. The van der Waals surface area contributed by atoms with Crippen LogP contribution in [0.3, 0.4) is 0 Å². The fourth-order valence-corrected chi connectivity index (χ4v) is 5.60. The molecule has 0 aliphatic heterocycles. The van der Waals surface area contributed by atoms with E-state index < -0.39 is 5.54 Å². The minimum atomic E-state index is -0.396. The van der Waals surface area contributed by atoms with Crippen molar-refractivity contribution in [2.75, 3.05) is 13.6 Å². The molecule has 0 aromatic heterocycles. The van der Waals surface area contributed by atoms with Crippen LogP contribution in [0.5, 0.6) is 0 Å². The second kappa shape index (κ2) is 4.72. The highest BCUT2D eigenvalue weighted by Crippen LogP contribution is 2.60. The number of carbonyl (C=O) groups excluding carboxylic acids is 1. The second-order valence-electron chi connectivity index (χ2n) is 8.83. The molecular weight excluding hydrogens is 248 g/mol. The first-order valence-electron chi connectivity index (χ1n) is 8.28. The Morgan fingerprint density at radius 2 is 1.60 bits per heavy atom. The van der Waals surface area contributed by atoms with Crippen LogP contribution in [0.15, 0.2) is 0 Å². The maximum absolute atomic E-state index is 12.3. The van der Waals surface area contributed by atoms with Crippen LogP contribution in [0.4, 0.5) is 0 Å². The van der Waals surface area contributed by atoms with E-state index in [1.165, 1.54) is 38.5 Å². The van der Waals surface area contributed by atoms with Crippen molar-refractivity contribution < 1.29 is 4.79 Å². The maximum Gasteiger partial charge on any atom is 0.224 e. The van der Waals surface area contributed by atoms with Gasteiger partial charge in [0.1, 0.15) is 0 Å². The number of nitrogens with zero attached hydrogens (tertiary/aromatic N) is 1. The summed E-state index contributed by atoms with van der Waals surface area (Å²) in [5, 5.41) is 0. The van der Waals surface area contributed by atoms with E-state index in [4.69, 9.17) is 5.73 Å². The van der Waals surface area contributed by atoms with Crippen LogP contribution in [-0.4, -0.2) is 29.9 Å². The van der Waals surface area contributed by atoms with Gasteiger partial charge in [0.2, 0.25) is 5.91 Å². The Balaban J connectivity index is 1.64. The molecule has 114 valence electrons. The number of hydrogen-bond donors (Lipinski definition) is 1. The maximum atomic E-state index is 12.3. The molecule has 0 spiro atoms. The standard InChI is InChI=1S/C17H30N2O/c1-16(2,18)10-15(20)19(3)11-17-7-12-4-13(8-17)6-14(5-12)9-17/h12-14H,4-11,18H2,1-3H3. The number of hydrogen-bond acceptors (Lipinski definition) is 2. The Morgan fingerprint density at radius 3 is 2.00 bits per heavy atom. The zero-order valence-corrected chi connectivity index (χ0v) is 13.3. The topological polar surface area (TPSA) is 46.3 Å². The lowest BCUT2D eigenvalue weighted by Gasteiger charge is -2.57. The summed E-state index contributed by atoms with van der Waals surface area (Å²) in [6, 6.07) is 0. The van der Waals surface area contributed by atoms with Gasteiger partial charge in [-0.05, 0) is 75.5 Å². The van der Waals surface area contributed by atoms with Gasteiger partial charge in [-0.2, -0.15) is 0 Å². The lowest BCUT2D eigenvalue weighted by molar-refractivity contribution is -0.136. The Morgan fingerprint density at radius 1 is 1.15 bits per heavy atom. The van der Waals surface area contributed by atoms with Gasteiger partial charge >= 0.3 is 0 Å². The van der Waals surface area contributed by atoms with Gasteiger partial charge in [0.05, 0.1) is 0 Å². The Hall–Kier alpha value is -0.570. The summed E-state index contributed by atoms with van der Waals surface area (Å²) < 4.78 is 0. The minimum absolute atomic E-state index is 0.216. The molecule has 4 saturated carbocycles. The van der Waals surface area contributed by atoms with Crippen LogP contribution >= 0.6 is 0 Å². The molecule has 4 bridgehead atoms. The highest BCUT2D eigenvalue weighted by Gasteiger charge is 2.51. The van der Waals surface area contributed by atoms with Gasteiger partial charge in [0.25, 0.3) is 0 Å². The minimum Gasteiger partial charge on any atom is -0.345 e. The SMILES string of the molecule is CN(CC12CC3CC(CC(C3)C1)C2)C(=O)CC(C)(C)N. The highest BCUT2D eigenvalue weighted by atomic mass is 16.2. The van der Waals surface area contributed by atoms with Crippen LogP contribution in [-0.2, 0) is 4.79 Å². The van der Waals surface area contributed by atoms with Crippen molar-refractivity contribution in [2.45, 2.75) is 64.3 Å². The van der Waals surface area contributed by atoms with Crippen LogP contribution in [0, 0.1) is 23.2 Å². The molecular formula is C17H30N2O. The predicted octanol–water partition coefficient (Wildman–Crippen LogP) is 2.79. The van der Waals surface area contributed by atoms with Gasteiger partial charge in [-0.25, -0.2) is 0 Å². The summed E-state index contributed by atoms with van der Waals surface area (Å²) in [4.78, 5) is 14.3.